The number of alkyl halides is 3. The van der Waals surface area contributed by atoms with E-state index in [1.54, 1.807) is 6.92 Å². The summed E-state index contributed by atoms with van der Waals surface area (Å²) in [6.45, 7) is 1.72. The minimum absolute atomic E-state index is 0.155. The average molecular weight is 236 g/mol. The molecule has 0 aromatic heterocycles. The molecule has 0 aliphatic rings. The highest BCUT2D eigenvalue weighted by Crippen LogP contribution is 2.34. The molecule has 1 unspecified atom stereocenters. The lowest BCUT2D eigenvalue weighted by Gasteiger charge is -2.14. The molecule has 0 bridgehead atoms. The molecule has 15 heavy (non-hydrogen) atoms. The fourth-order valence-electron chi connectivity index (χ4n) is 1.32. The maximum atomic E-state index is 12.5. The minimum atomic E-state index is -4.43. The molecule has 0 amide bonds. The molecule has 1 rings (SSSR count). The molecule has 1 nitrogen and oxygen atoms in total. The highest BCUT2D eigenvalue weighted by molar-refractivity contribution is 7.80. The molecule has 0 heterocycles. The van der Waals surface area contributed by atoms with Gasteiger partial charge in [0.1, 0.15) is 5.75 Å². The van der Waals surface area contributed by atoms with E-state index in [4.69, 9.17) is 5.11 Å². The van der Waals surface area contributed by atoms with Crippen LogP contribution in [0, 0.1) is 0 Å². The van der Waals surface area contributed by atoms with Crippen LogP contribution in [0.4, 0.5) is 13.2 Å². The zero-order chi connectivity index (χ0) is 11.6. The number of phenolic OH excluding ortho intramolecular Hbond substituents is 1. The van der Waals surface area contributed by atoms with Crippen molar-refractivity contribution in [1.29, 1.82) is 0 Å². The number of rotatable bonds is 2. The van der Waals surface area contributed by atoms with E-state index in [2.05, 4.69) is 12.6 Å². The molecule has 1 aromatic carbocycles. The Balaban J connectivity index is 3.15. The second kappa shape index (κ2) is 4.35. The van der Waals surface area contributed by atoms with Crippen LogP contribution in [0.15, 0.2) is 18.2 Å². The molecule has 1 N–H and O–H groups in total. The summed E-state index contributed by atoms with van der Waals surface area (Å²) >= 11 is 4.05. The van der Waals surface area contributed by atoms with Crippen molar-refractivity contribution in [2.24, 2.45) is 0 Å². The number of phenols is 1. The van der Waals surface area contributed by atoms with Gasteiger partial charge in [0, 0.05) is 5.25 Å². The second-order valence-electron chi connectivity index (χ2n) is 3.39. The summed E-state index contributed by atoms with van der Waals surface area (Å²) in [5.41, 5.74) is -0.633. The molecule has 0 aliphatic heterocycles. The van der Waals surface area contributed by atoms with E-state index < -0.39 is 11.7 Å². The Hall–Kier alpha value is -0.840. The number of hydrogen-bond acceptors (Lipinski definition) is 2. The van der Waals surface area contributed by atoms with Gasteiger partial charge in [-0.1, -0.05) is 13.0 Å². The summed E-state index contributed by atoms with van der Waals surface area (Å²) in [6.07, 6.45) is -4.21. The predicted octanol–water partition coefficient (Wildman–Crippen LogP) is 3.27. The molecule has 0 aliphatic carbocycles. The van der Waals surface area contributed by atoms with E-state index >= 15 is 0 Å². The van der Waals surface area contributed by atoms with Gasteiger partial charge in [0.25, 0.3) is 0 Å². The first-order valence-corrected chi connectivity index (χ1v) is 4.89. The molecule has 0 spiro atoms. The lowest BCUT2D eigenvalue weighted by molar-refractivity contribution is -0.138. The highest BCUT2D eigenvalue weighted by Gasteiger charge is 2.33. The lowest BCUT2D eigenvalue weighted by Crippen LogP contribution is -2.11. The first-order chi connectivity index (χ1) is 6.80. The van der Waals surface area contributed by atoms with Gasteiger partial charge in [-0.05, 0) is 24.1 Å². The van der Waals surface area contributed by atoms with E-state index in [9.17, 15) is 13.2 Å². The van der Waals surface area contributed by atoms with Crippen LogP contribution >= 0.6 is 12.6 Å². The molecule has 0 fully saturated rings. The molecule has 0 saturated heterocycles. The topological polar surface area (TPSA) is 20.2 Å². The van der Waals surface area contributed by atoms with Crippen LogP contribution < -0.4 is 0 Å². The third-order valence-corrected chi connectivity index (χ3v) is 2.10. The molecule has 5 heteroatoms. The number of benzene rings is 1. The quantitative estimate of drug-likeness (QED) is 0.755. The van der Waals surface area contributed by atoms with Crippen molar-refractivity contribution in [1.82, 2.24) is 0 Å². The summed E-state index contributed by atoms with van der Waals surface area (Å²) in [4.78, 5) is 0. The summed E-state index contributed by atoms with van der Waals surface area (Å²) < 4.78 is 37.6. The fraction of sp³-hybridized carbons (Fsp3) is 0.400. The van der Waals surface area contributed by atoms with Crippen molar-refractivity contribution in [3.8, 4) is 5.75 Å². The zero-order valence-electron chi connectivity index (χ0n) is 8.04. The Kier molecular flexibility index (Phi) is 3.54. The Labute approximate surface area is 91.3 Å². The van der Waals surface area contributed by atoms with E-state index in [1.807, 2.05) is 0 Å². The van der Waals surface area contributed by atoms with Gasteiger partial charge in [-0.3, -0.25) is 0 Å². The Morgan fingerprint density at radius 3 is 2.47 bits per heavy atom. The van der Waals surface area contributed by atoms with Crippen molar-refractivity contribution >= 4 is 12.6 Å². The Bertz CT molecular complexity index is 347. The molecule has 0 radical (unpaired) electrons. The molecule has 1 atom stereocenters. The van der Waals surface area contributed by atoms with E-state index in [1.165, 1.54) is 12.1 Å². The summed E-state index contributed by atoms with van der Waals surface area (Å²) in [5, 5.41) is 8.86. The fourth-order valence-corrected chi connectivity index (χ4v) is 1.52. The van der Waals surface area contributed by atoms with Crippen LogP contribution in [0.5, 0.6) is 5.75 Å². The Morgan fingerprint density at radius 1 is 1.40 bits per heavy atom. The lowest BCUT2D eigenvalue weighted by atomic mass is 10.0. The molecule has 84 valence electrons. The van der Waals surface area contributed by atoms with Crippen molar-refractivity contribution in [2.75, 3.05) is 0 Å². The van der Waals surface area contributed by atoms with Gasteiger partial charge in [0.05, 0.1) is 5.56 Å². The van der Waals surface area contributed by atoms with Gasteiger partial charge in [0.15, 0.2) is 0 Å². The van der Waals surface area contributed by atoms with Crippen LogP contribution in [0.3, 0.4) is 0 Å². The number of halogens is 3. The number of aromatic hydroxyl groups is 1. The maximum absolute atomic E-state index is 12.5. The van der Waals surface area contributed by atoms with Crippen LogP contribution in [0.2, 0.25) is 0 Å². The largest absolute Gasteiger partial charge is 0.508 e. The number of hydrogen-bond donors (Lipinski definition) is 2. The van der Waals surface area contributed by atoms with Crippen LogP contribution in [0.1, 0.15) is 18.1 Å². The normalized spacial score (nSPS) is 13.9. The van der Waals surface area contributed by atoms with E-state index in [0.29, 0.717) is 0 Å². The van der Waals surface area contributed by atoms with Crippen molar-refractivity contribution in [3.05, 3.63) is 29.3 Å². The molecular formula is C10H11F3OS. The standard InChI is InChI=1S/C10H11F3OS/c1-6(15)4-7-2-3-8(14)5-9(7)10(11,12)13/h2-3,5-6,14-15H,4H2,1H3. The predicted molar refractivity (Wildman–Crippen MR) is 55.3 cm³/mol. The summed E-state index contributed by atoms with van der Waals surface area (Å²) in [5.74, 6) is -0.377. The molecule has 1 aromatic rings. The van der Waals surface area contributed by atoms with Gasteiger partial charge in [-0.25, -0.2) is 0 Å². The molecule has 0 saturated carbocycles. The first-order valence-electron chi connectivity index (χ1n) is 4.38. The number of thiol groups is 1. The third kappa shape index (κ3) is 3.34. The second-order valence-corrected chi connectivity index (χ2v) is 4.27. The third-order valence-electron chi connectivity index (χ3n) is 1.91. The van der Waals surface area contributed by atoms with E-state index in [0.717, 1.165) is 6.07 Å². The average Bonchev–Trinajstić information content (AvgIpc) is 2.05. The van der Waals surface area contributed by atoms with Crippen molar-refractivity contribution < 1.29 is 18.3 Å². The zero-order valence-corrected chi connectivity index (χ0v) is 8.94. The van der Waals surface area contributed by atoms with Gasteiger partial charge in [0.2, 0.25) is 0 Å². The highest BCUT2D eigenvalue weighted by atomic mass is 32.1. The van der Waals surface area contributed by atoms with Crippen LogP contribution in [-0.2, 0) is 12.6 Å². The van der Waals surface area contributed by atoms with Gasteiger partial charge >= 0.3 is 6.18 Å². The van der Waals surface area contributed by atoms with Crippen molar-refractivity contribution in [3.63, 3.8) is 0 Å². The summed E-state index contributed by atoms with van der Waals surface area (Å²) in [7, 11) is 0. The van der Waals surface area contributed by atoms with Gasteiger partial charge < -0.3 is 5.11 Å². The summed E-state index contributed by atoms with van der Waals surface area (Å²) in [6, 6.07) is 3.27. The van der Waals surface area contributed by atoms with Gasteiger partial charge in [-0.2, -0.15) is 25.8 Å². The first kappa shape index (κ1) is 12.2. The van der Waals surface area contributed by atoms with Crippen LogP contribution in [-0.4, -0.2) is 10.4 Å². The van der Waals surface area contributed by atoms with E-state index in [-0.39, 0.29) is 23.0 Å². The SMILES string of the molecule is CC(S)Cc1ccc(O)cc1C(F)(F)F. The van der Waals surface area contributed by atoms with Crippen LogP contribution in [0.25, 0.3) is 0 Å². The monoisotopic (exact) mass is 236 g/mol. The van der Waals surface area contributed by atoms with Gasteiger partial charge in [-0.15, -0.1) is 0 Å². The minimum Gasteiger partial charge on any atom is -0.508 e. The smallest absolute Gasteiger partial charge is 0.416 e. The van der Waals surface area contributed by atoms with Crippen molar-refractivity contribution in [2.45, 2.75) is 24.8 Å². The molecular weight excluding hydrogens is 225 g/mol. The Morgan fingerprint density at radius 2 is 2.00 bits per heavy atom. The maximum Gasteiger partial charge on any atom is 0.416 e.